The van der Waals surface area contributed by atoms with Crippen molar-refractivity contribution in [3.05, 3.63) is 52.7 Å². The van der Waals surface area contributed by atoms with Gasteiger partial charge >= 0.3 is 0 Å². The van der Waals surface area contributed by atoms with Gasteiger partial charge in [0.2, 0.25) is 5.95 Å². The number of amidine groups is 1. The summed E-state index contributed by atoms with van der Waals surface area (Å²) in [5.41, 5.74) is 15.2. The second-order valence-electron chi connectivity index (χ2n) is 9.08. The Bertz CT molecular complexity index is 1390. The summed E-state index contributed by atoms with van der Waals surface area (Å²) >= 11 is 0. The van der Waals surface area contributed by atoms with Gasteiger partial charge in [-0.15, -0.1) is 0 Å². The zero-order valence-electron chi connectivity index (χ0n) is 20.7. The molecule has 8 N–H and O–H groups in total. The molecule has 38 heavy (non-hydrogen) atoms. The Morgan fingerprint density at radius 1 is 1.21 bits per heavy atom. The number of benzene rings is 1. The standard InChI is InChI=1S/C24H28FN9O4/c1-10-19-15(33-24(27)30-10)6-14(31-22(19)34-38-9-17-20(36)18(35)8-28-17)12-4-3-11(25)5-13(12)16-7-29-21(26)23(32-16)37-2/h3-5,7,14,17-18,20,28,35-36H,6,8-9H2,1-2H3,(H2,26,29)(H,31,34)(H2,27,30,33)/t14-,17?,18?,20?/m1/s1. The highest BCUT2D eigenvalue weighted by atomic mass is 19.1. The van der Waals surface area contributed by atoms with Crippen molar-refractivity contribution in [2.45, 2.75) is 37.6 Å². The fourth-order valence-corrected chi connectivity index (χ4v) is 4.69. The summed E-state index contributed by atoms with van der Waals surface area (Å²) in [5, 5.41) is 30.5. The van der Waals surface area contributed by atoms with E-state index >= 15 is 0 Å². The number of β-amino-alcohol motifs (C(OH)–C–C–N with tert-alkyl or cyclic N) is 1. The van der Waals surface area contributed by atoms with Gasteiger partial charge < -0.3 is 41.9 Å². The van der Waals surface area contributed by atoms with Gasteiger partial charge in [0.1, 0.15) is 12.4 Å². The maximum Gasteiger partial charge on any atom is 0.257 e. The number of nitrogens with two attached hydrogens (primary N) is 2. The summed E-state index contributed by atoms with van der Waals surface area (Å²) in [5.74, 6) is 0.240. The number of halogens is 1. The maximum absolute atomic E-state index is 14.4. The average molecular weight is 526 g/mol. The number of aryl methyl sites for hydroxylation is 1. The molecule has 4 heterocycles. The van der Waals surface area contributed by atoms with E-state index in [4.69, 9.17) is 21.0 Å². The van der Waals surface area contributed by atoms with Gasteiger partial charge in [-0.05, 0) is 24.6 Å². The van der Waals surface area contributed by atoms with Gasteiger partial charge in [-0.1, -0.05) is 11.2 Å². The number of aromatic nitrogens is 4. The van der Waals surface area contributed by atoms with E-state index in [0.29, 0.717) is 46.0 Å². The molecular weight excluding hydrogens is 497 g/mol. The molecule has 0 saturated carbocycles. The lowest BCUT2D eigenvalue weighted by atomic mass is 9.90. The summed E-state index contributed by atoms with van der Waals surface area (Å²) in [6, 6.07) is 3.44. The molecule has 3 unspecified atom stereocenters. The number of aliphatic hydroxyl groups excluding tert-OH is 2. The zero-order chi connectivity index (χ0) is 27.0. The lowest BCUT2D eigenvalue weighted by Gasteiger charge is -2.29. The highest BCUT2D eigenvalue weighted by Gasteiger charge is 2.34. The van der Waals surface area contributed by atoms with Crippen molar-refractivity contribution >= 4 is 17.6 Å². The van der Waals surface area contributed by atoms with Crippen LogP contribution >= 0.6 is 0 Å². The van der Waals surface area contributed by atoms with Crippen LogP contribution in [0.15, 0.2) is 29.6 Å². The highest BCUT2D eigenvalue weighted by molar-refractivity contribution is 6.01. The maximum atomic E-state index is 14.4. The van der Waals surface area contributed by atoms with Crippen LogP contribution in [-0.4, -0.2) is 74.5 Å². The first-order chi connectivity index (χ1) is 18.2. The number of hydrogen-bond donors (Lipinski definition) is 6. The first kappa shape index (κ1) is 25.5. The van der Waals surface area contributed by atoms with Gasteiger partial charge in [-0.25, -0.2) is 24.3 Å². The van der Waals surface area contributed by atoms with E-state index in [9.17, 15) is 14.6 Å². The zero-order valence-corrected chi connectivity index (χ0v) is 20.7. The molecule has 0 radical (unpaired) electrons. The molecule has 3 aromatic rings. The van der Waals surface area contributed by atoms with Gasteiger partial charge in [0.25, 0.3) is 5.88 Å². The smallest absolute Gasteiger partial charge is 0.257 e. The fraction of sp³-hybridized carbons (Fsp3) is 0.375. The molecule has 2 aromatic heterocycles. The number of ether oxygens (including phenoxy) is 1. The van der Waals surface area contributed by atoms with E-state index in [2.05, 4.69) is 35.7 Å². The monoisotopic (exact) mass is 525 g/mol. The van der Waals surface area contributed by atoms with E-state index < -0.39 is 30.1 Å². The minimum Gasteiger partial charge on any atom is -0.478 e. The Balaban J connectivity index is 1.52. The number of nitrogen functional groups attached to an aromatic ring is 2. The topological polar surface area (TPSA) is 199 Å². The number of oxime groups is 1. The van der Waals surface area contributed by atoms with Crippen LogP contribution in [0.2, 0.25) is 0 Å². The molecule has 200 valence electrons. The van der Waals surface area contributed by atoms with E-state index in [0.717, 1.165) is 0 Å². The molecule has 4 atom stereocenters. The quantitative estimate of drug-likeness (QED) is 0.232. The second kappa shape index (κ2) is 10.3. The van der Waals surface area contributed by atoms with Crippen molar-refractivity contribution in [2.24, 2.45) is 5.16 Å². The third kappa shape index (κ3) is 4.88. The molecule has 13 nitrogen and oxygen atoms in total. The molecule has 1 fully saturated rings. The number of nitrogens with zero attached hydrogens (tertiary/aromatic N) is 5. The van der Waals surface area contributed by atoms with E-state index in [1.54, 1.807) is 13.0 Å². The van der Waals surface area contributed by atoms with Crippen LogP contribution in [0.5, 0.6) is 5.88 Å². The number of aliphatic hydroxyl groups is 2. The van der Waals surface area contributed by atoms with Crippen LogP contribution in [0.1, 0.15) is 28.6 Å². The largest absolute Gasteiger partial charge is 0.478 e. The minimum absolute atomic E-state index is 0.0148. The molecule has 5 rings (SSSR count). The van der Waals surface area contributed by atoms with Gasteiger partial charge in [0, 0.05) is 18.5 Å². The Labute approximate surface area is 217 Å². The third-order valence-corrected chi connectivity index (χ3v) is 6.56. The molecule has 1 aromatic carbocycles. The van der Waals surface area contributed by atoms with Crippen molar-refractivity contribution in [2.75, 3.05) is 31.7 Å². The summed E-state index contributed by atoms with van der Waals surface area (Å²) in [6.07, 6.45) is -0.0160. The Morgan fingerprint density at radius 2 is 2.03 bits per heavy atom. The van der Waals surface area contributed by atoms with Crippen LogP contribution < -0.4 is 26.8 Å². The average Bonchev–Trinajstić information content (AvgIpc) is 3.20. The molecular formula is C24H28FN9O4. The lowest BCUT2D eigenvalue weighted by Crippen LogP contribution is -2.39. The summed E-state index contributed by atoms with van der Waals surface area (Å²) in [7, 11) is 1.42. The number of nitrogens with one attached hydrogen (secondary N) is 2. The number of hydrogen-bond acceptors (Lipinski definition) is 12. The van der Waals surface area contributed by atoms with Gasteiger partial charge in [-0.3, -0.25) is 0 Å². The third-order valence-electron chi connectivity index (χ3n) is 6.56. The van der Waals surface area contributed by atoms with Crippen molar-refractivity contribution in [1.82, 2.24) is 30.6 Å². The summed E-state index contributed by atoms with van der Waals surface area (Å²) in [6.45, 7) is 2.06. The number of anilines is 2. The van der Waals surface area contributed by atoms with Gasteiger partial charge in [0.05, 0.1) is 60.2 Å². The molecule has 2 aliphatic heterocycles. The van der Waals surface area contributed by atoms with Crippen molar-refractivity contribution < 1.29 is 24.2 Å². The van der Waals surface area contributed by atoms with Crippen molar-refractivity contribution in [1.29, 1.82) is 0 Å². The normalized spacial score (nSPS) is 23.7. The van der Waals surface area contributed by atoms with Crippen molar-refractivity contribution in [3.8, 4) is 17.1 Å². The first-order valence-corrected chi connectivity index (χ1v) is 11.9. The Morgan fingerprint density at radius 3 is 2.76 bits per heavy atom. The van der Waals surface area contributed by atoms with Crippen LogP contribution in [0, 0.1) is 12.7 Å². The molecule has 0 spiro atoms. The predicted molar refractivity (Wildman–Crippen MR) is 135 cm³/mol. The number of rotatable bonds is 6. The molecule has 0 amide bonds. The van der Waals surface area contributed by atoms with E-state index in [-0.39, 0.29) is 30.8 Å². The SMILES string of the molecule is COc1nc(-c2cc(F)ccc2[C@H]2Cc3nc(N)nc(C)c3/C(=N/OCC3NCC(O)C3O)N2)cnc1N. The van der Waals surface area contributed by atoms with Crippen LogP contribution in [0.3, 0.4) is 0 Å². The molecule has 0 aliphatic carbocycles. The number of fused-ring (bicyclic) bond motifs is 1. The predicted octanol–water partition coefficient (Wildman–Crippen LogP) is -0.187. The highest BCUT2D eigenvalue weighted by Crippen LogP contribution is 2.34. The summed E-state index contributed by atoms with van der Waals surface area (Å²) in [4.78, 5) is 22.8. The van der Waals surface area contributed by atoms with Crippen LogP contribution in [-0.2, 0) is 11.3 Å². The van der Waals surface area contributed by atoms with Crippen LogP contribution in [0.4, 0.5) is 16.2 Å². The fourth-order valence-electron chi connectivity index (χ4n) is 4.69. The summed E-state index contributed by atoms with van der Waals surface area (Å²) < 4.78 is 19.6. The van der Waals surface area contributed by atoms with Gasteiger partial charge in [0.15, 0.2) is 11.7 Å². The molecule has 0 bridgehead atoms. The van der Waals surface area contributed by atoms with Crippen molar-refractivity contribution in [3.63, 3.8) is 0 Å². The van der Waals surface area contributed by atoms with Gasteiger partial charge in [-0.2, -0.15) is 0 Å². The minimum atomic E-state index is -0.973. The van der Waals surface area contributed by atoms with E-state index in [1.807, 2.05) is 0 Å². The van der Waals surface area contributed by atoms with Crippen LogP contribution in [0.25, 0.3) is 11.3 Å². The Hall–Kier alpha value is -4.14. The molecule has 14 heteroatoms. The van der Waals surface area contributed by atoms with E-state index in [1.165, 1.54) is 25.4 Å². The number of methoxy groups -OCH3 is 1. The Kier molecular flexibility index (Phi) is 6.93. The molecule has 2 aliphatic rings. The lowest BCUT2D eigenvalue weighted by molar-refractivity contribution is 0.0161. The molecule has 1 saturated heterocycles. The second-order valence-corrected chi connectivity index (χ2v) is 9.08. The first-order valence-electron chi connectivity index (χ1n) is 11.9.